The summed E-state index contributed by atoms with van der Waals surface area (Å²) in [6.07, 6.45) is 10.5. The number of Topliss-reactive ketones (excluding diaryl/α,β-unsaturated/α-hetero) is 1. The summed E-state index contributed by atoms with van der Waals surface area (Å²) in [6, 6.07) is 24.0. The smallest absolute Gasteiger partial charge is 0.270 e. The molecule has 4 heteroatoms. The molecule has 0 radical (unpaired) electrons. The molecule has 0 aromatic heterocycles. The average molecular weight is 535 g/mol. The number of hydrogen-bond donors (Lipinski definition) is 0. The molecule has 1 aliphatic carbocycles. The third-order valence-electron chi connectivity index (χ3n) is 6.10. The van der Waals surface area contributed by atoms with E-state index in [1.165, 1.54) is 43.4 Å². The molecule has 1 fully saturated rings. The molecule has 0 N–H and O–H groups in total. The van der Waals surface area contributed by atoms with Gasteiger partial charge >= 0.3 is 0 Å². The van der Waals surface area contributed by atoms with Crippen molar-refractivity contribution in [2.24, 2.45) is 11.8 Å². The van der Waals surface area contributed by atoms with Crippen molar-refractivity contribution >= 4 is 5.78 Å². The zero-order chi connectivity index (χ0) is 28.7. The van der Waals surface area contributed by atoms with Crippen molar-refractivity contribution in [3.8, 4) is 16.9 Å². The van der Waals surface area contributed by atoms with E-state index in [4.69, 9.17) is 4.74 Å². The number of alkyl halides is 2. The summed E-state index contributed by atoms with van der Waals surface area (Å²) in [5, 5.41) is 0. The molecule has 39 heavy (non-hydrogen) atoms. The summed E-state index contributed by atoms with van der Waals surface area (Å²) < 4.78 is 31.9. The molecule has 0 saturated heterocycles. The summed E-state index contributed by atoms with van der Waals surface area (Å²) in [7, 11) is 0. The Kier molecular flexibility index (Phi) is 13.6. The van der Waals surface area contributed by atoms with Crippen molar-refractivity contribution in [2.75, 3.05) is 6.61 Å². The van der Waals surface area contributed by atoms with E-state index in [-0.39, 0.29) is 11.3 Å². The van der Waals surface area contributed by atoms with E-state index < -0.39 is 5.92 Å². The molecule has 0 heterocycles. The van der Waals surface area contributed by atoms with Gasteiger partial charge in [-0.2, -0.15) is 0 Å². The molecular formula is C35H44F2O2. The minimum absolute atomic E-state index is 0.00324. The third-order valence-corrected chi connectivity index (χ3v) is 6.10. The fourth-order valence-electron chi connectivity index (χ4n) is 4.07. The fraction of sp³-hybridized carbons (Fsp3) is 0.400. The number of carbonyl (C=O) groups excluding carboxylic acids is 1. The molecule has 0 aliphatic heterocycles. The minimum atomic E-state index is -2.82. The number of ether oxygens (including phenoxy) is 1. The van der Waals surface area contributed by atoms with Crippen LogP contribution in [0.3, 0.4) is 0 Å². The molecule has 2 nitrogen and oxygen atoms in total. The van der Waals surface area contributed by atoms with Gasteiger partial charge in [0, 0.05) is 18.1 Å². The van der Waals surface area contributed by atoms with Crippen LogP contribution in [0.15, 0.2) is 91.0 Å². The van der Waals surface area contributed by atoms with E-state index in [0.717, 1.165) is 36.3 Å². The maximum Gasteiger partial charge on any atom is 0.270 e. The van der Waals surface area contributed by atoms with Crippen LogP contribution in [0.25, 0.3) is 11.1 Å². The quantitative estimate of drug-likeness (QED) is 0.163. The Bertz CT molecular complexity index is 1120. The van der Waals surface area contributed by atoms with Crippen LogP contribution in [0.2, 0.25) is 0 Å². The zero-order valence-electron chi connectivity index (χ0n) is 24.1. The van der Waals surface area contributed by atoms with E-state index in [0.29, 0.717) is 12.4 Å². The third kappa shape index (κ3) is 12.9. The Morgan fingerprint density at radius 3 is 2.08 bits per heavy atom. The molecule has 0 spiro atoms. The first-order chi connectivity index (χ1) is 18.6. The van der Waals surface area contributed by atoms with Crippen molar-refractivity contribution in [1.82, 2.24) is 0 Å². The maximum absolute atomic E-state index is 13.2. The van der Waals surface area contributed by atoms with Gasteiger partial charge in [0.05, 0.1) is 6.61 Å². The zero-order valence-corrected chi connectivity index (χ0v) is 24.1. The van der Waals surface area contributed by atoms with E-state index >= 15 is 0 Å². The van der Waals surface area contributed by atoms with Gasteiger partial charge in [0.15, 0.2) is 5.78 Å². The number of benzene rings is 3. The number of rotatable bonds is 8. The summed E-state index contributed by atoms with van der Waals surface area (Å²) in [6.45, 7) is 9.51. The highest BCUT2D eigenvalue weighted by molar-refractivity contribution is 5.94. The molecule has 0 unspecified atom stereocenters. The lowest BCUT2D eigenvalue weighted by Crippen LogP contribution is -2.07. The highest BCUT2D eigenvalue weighted by atomic mass is 19.3. The summed E-state index contributed by atoms with van der Waals surface area (Å²) in [5.41, 5.74) is 3.07. The van der Waals surface area contributed by atoms with E-state index in [9.17, 15) is 13.6 Å². The largest absolute Gasteiger partial charge is 0.493 e. The standard InChI is InChI=1S/C17H22F2O.C14H12O.C4H10/c1-17(18,19)15-10-6-11-16(13-15)20-12-5-4-9-14-7-2-3-8-14;1-11(15)12-7-9-14(10-8-12)13-5-3-2-4-6-13;1-4(2)3/h4,6,9-11,13-14H,2-3,5,7-8,12H2,1H3;2-10H,1H3;4H,1-3H3/b9-4+;;. The van der Waals surface area contributed by atoms with Crippen LogP contribution >= 0.6 is 0 Å². The molecule has 3 aromatic carbocycles. The first kappa shape index (κ1) is 31.9. The normalized spacial score (nSPS) is 13.4. The number of hydrogen-bond acceptors (Lipinski definition) is 2. The van der Waals surface area contributed by atoms with Crippen molar-refractivity contribution < 1.29 is 18.3 Å². The second-order valence-electron chi connectivity index (χ2n) is 10.8. The van der Waals surface area contributed by atoms with Gasteiger partial charge in [0.25, 0.3) is 5.92 Å². The predicted octanol–water partition coefficient (Wildman–Crippen LogP) is 10.5. The Morgan fingerprint density at radius 2 is 1.51 bits per heavy atom. The second kappa shape index (κ2) is 16.6. The second-order valence-corrected chi connectivity index (χ2v) is 10.8. The molecular weight excluding hydrogens is 490 g/mol. The molecule has 0 bridgehead atoms. The summed E-state index contributed by atoms with van der Waals surface area (Å²) in [5.74, 6) is -0.633. The van der Waals surface area contributed by atoms with E-state index in [2.05, 4.69) is 45.1 Å². The lowest BCUT2D eigenvalue weighted by atomic mass is 10.0. The van der Waals surface area contributed by atoms with Crippen LogP contribution in [0.5, 0.6) is 5.75 Å². The van der Waals surface area contributed by atoms with Crippen LogP contribution < -0.4 is 4.74 Å². The topological polar surface area (TPSA) is 26.3 Å². The van der Waals surface area contributed by atoms with Gasteiger partial charge in [0.2, 0.25) is 0 Å². The van der Waals surface area contributed by atoms with Crippen molar-refractivity contribution in [3.05, 3.63) is 102 Å². The van der Waals surface area contributed by atoms with Crippen LogP contribution in [0, 0.1) is 11.8 Å². The maximum atomic E-state index is 13.2. The van der Waals surface area contributed by atoms with E-state index in [1.54, 1.807) is 19.1 Å². The van der Waals surface area contributed by atoms with Crippen LogP contribution in [0.1, 0.15) is 82.6 Å². The molecule has 3 aromatic rings. The van der Waals surface area contributed by atoms with Gasteiger partial charge in [0.1, 0.15) is 5.75 Å². The molecule has 1 saturated carbocycles. The van der Waals surface area contributed by atoms with E-state index in [1.807, 2.05) is 42.5 Å². The summed E-state index contributed by atoms with van der Waals surface area (Å²) >= 11 is 0. The van der Waals surface area contributed by atoms with Crippen molar-refractivity contribution in [1.29, 1.82) is 0 Å². The highest BCUT2D eigenvalue weighted by Gasteiger charge is 2.24. The molecule has 210 valence electrons. The fourth-order valence-corrected chi connectivity index (χ4v) is 4.07. The first-order valence-electron chi connectivity index (χ1n) is 14.0. The monoisotopic (exact) mass is 534 g/mol. The Morgan fingerprint density at radius 1 is 0.923 bits per heavy atom. The average Bonchev–Trinajstić information content (AvgIpc) is 3.42. The highest BCUT2D eigenvalue weighted by Crippen LogP contribution is 2.29. The lowest BCUT2D eigenvalue weighted by Gasteiger charge is -2.12. The Labute approximate surface area is 234 Å². The number of halogens is 2. The van der Waals surface area contributed by atoms with Crippen molar-refractivity contribution in [3.63, 3.8) is 0 Å². The molecule has 4 rings (SSSR count). The summed E-state index contributed by atoms with van der Waals surface area (Å²) in [4.78, 5) is 11.1. The van der Waals surface area contributed by atoms with Crippen LogP contribution in [0.4, 0.5) is 8.78 Å². The minimum Gasteiger partial charge on any atom is -0.493 e. The van der Waals surface area contributed by atoms with Gasteiger partial charge in [-0.05, 0) is 61.3 Å². The Balaban J connectivity index is 0.000000248. The van der Waals surface area contributed by atoms with Gasteiger partial charge < -0.3 is 4.74 Å². The van der Waals surface area contributed by atoms with Gasteiger partial charge in [-0.1, -0.05) is 112 Å². The molecule has 1 aliphatic rings. The SMILES string of the molecule is CC(=O)c1ccc(-c2ccccc2)cc1.CC(C)C.CC(F)(F)c1cccc(OCC/C=C/C2CCCC2)c1. The first-order valence-corrected chi connectivity index (χ1v) is 14.0. The Hall–Kier alpha value is -3.27. The molecule has 0 amide bonds. The van der Waals surface area contributed by atoms with Crippen LogP contribution in [-0.4, -0.2) is 12.4 Å². The van der Waals surface area contributed by atoms with Crippen molar-refractivity contribution in [2.45, 2.75) is 72.6 Å². The predicted molar refractivity (Wildman–Crippen MR) is 160 cm³/mol. The lowest BCUT2D eigenvalue weighted by molar-refractivity contribution is 0.0172. The number of allylic oxidation sites excluding steroid dienone is 1. The van der Waals surface area contributed by atoms with Gasteiger partial charge in [-0.25, -0.2) is 8.78 Å². The number of carbonyl (C=O) groups is 1. The number of ketones is 1. The van der Waals surface area contributed by atoms with Gasteiger partial charge in [-0.3, -0.25) is 4.79 Å². The molecule has 0 atom stereocenters. The van der Waals surface area contributed by atoms with Crippen LogP contribution in [-0.2, 0) is 5.92 Å². The van der Waals surface area contributed by atoms with Gasteiger partial charge in [-0.15, -0.1) is 0 Å².